The van der Waals surface area contributed by atoms with E-state index in [2.05, 4.69) is 4.90 Å². The minimum Gasteiger partial charge on any atom is -0.328 e. The fraction of sp³-hybridized carbons (Fsp3) is 0.583. The lowest BCUT2D eigenvalue weighted by atomic mass is 10.1. The first-order chi connectivity index (χ1) is 7.65. The van der Waals surface area contributed by atoms with Gasteiger partial charge >= 0.3 is 0 Å². The fourth-order valence-electron chi connectivity index (χ4n) is 2.00. The molecule has 0 unspecified atom stereocenters. The number of carbonyl (C=O) groups is 1. The quantitative estimate of drug-likeness (QED) is 0.815. The van der Waals surface area contributed by atoms with Crippen LogP contribution in [0.1, 0.15) is 28.1 Å². The van der Waals surface area contributed by atoms with E-state index in [1.54, 1.807) is 11.3 Å². The molecule has 16 heavy (non-hydrogen) atoms. The largest absolute Gasteiger partial charge is 0.328 e. The van der Waals surface area contributed by atoms with E-state index in [9.17, 15) is 4.79 Å². The second-order valence-electron chi connectivity index (χ2n) is 4.48. The van der Waals surface area contributed by atoms with Gasteiger partial charge in [0.05, 0.1) is 6.54 Å². The van der Waals surface area contributed by atoms with E-state index in [-0.39, 0.29) is 5.78 Å². The number of carbonyl (C=O) groups excluding carboxylic acids is 1. The van der Waals surface area contributed by atoms with E-state index in [1.165, 1.54) is 4.88 Å². The lowest BCUT2D eigenvalue weighted by molar-refractivity contribution is 0.0910. The summed E-state index contributed by atoms with van der Waals surface area (Å²) < 4.78 is 0. The molecule has 0 bridgehead atoms. The van der Waals surface area contributed by atoms with Crippen LogP contribution in [0, 0.1) is 6.92 Å². The second kappa shape index (κ2) is 5.08. The van der Waals surface area contributed by atoms with Gasteiger partial charge in [-0.15, -0.1) is 11.3 Å². The Morgan fingerprint density at radius 1 is 1.56 bits per heavy atom. The summed E-state index contributed by atoms with van der Waals surface area (Å²) in [6.45, 7) is 4.48. The molecule has 0 aliphatic carbocycles. The van der Waals surface area contributed by atoms with Gasteiger partial charge in [0, 0.05) is 35.0 Å². The third-order valence-electron chi connectivity index (χ3n) is 3.05. The van der Waals surface area contributed by atoms with Crippen molar-refractivity contribution < 1.29 is 4.79 Å². The van der Waals surface area contributed by atoms with Crippen LogP contribution in [0.3, 0.4) is 0 Å². The smallest absolute Gasteiger partial charge is 0.177 e. The van der Waals surface area contributed by atoms with Crippen LogP contribution in [0.2, 0.25) is 0 Å². The number of nitrogens with two attached hydrogens (primary N) is 1. The zero-order valence-corrected chi connectivity index (χ0v) is 10.4. The number of thiophene rings is 1. The monoisotopic (exact) mass is 238 g/mol. The van der Waals surface area contributed by atoms with Gasteiger partial charge in [0.1, 0.15) is 0 Å². The van der Waals surface area contributed by atoms with Crippen molar-refractivity contribution in [3.05, 3.63) is 21.9 Å². The SMILES string of the molecule is Cc1cc(C(=O)CN2CCC(N)CC2)cs1. The number of piperidine rings is 1. The number of nitrogens with zero attached hydrogens (tertiary/aromatic N) is 1. The lowest BCUT2D eigenvalue weighted by Crippen LogP contribution is -2.41. The summed E-state index contributed by atoms with van der Waals surface area (Å²) in [4.78, 5) is 15.3. The summed E-state index contributed by atoms with van der Waals surface area (Å²) >= 11 is 1.64. The molecule has 2 rings (SSSR count). The molecule has 1 saturated heterocycles. The van der Waals surface area contributed by atoms with Gasteiger partial charge < -0.3 is 5.73 Å². The third kappa shape index (κ3) is 2.90. The summed E-state index contributed by atoms with van der Waals surface area (Å²) in [6, 6.07) is 2.30. The zero-order chi connectivity index (χ0) is 11.5. The Labute approximate surface area is 100 Å². The molecule has 0 aromatic carbocycles. The van der Waals surface area contributed by atoms with Gasteiger partial charge in [-0.05, 0) is 25.8 Å². The number of Topliss-reactive ketones (excluding diaryl/α,β-unsaturated/α-hetero) is 1. The molecule has 2 N–H and O–H groups in total. The van der Waals surface area contributed by atoms with Gasteiger partial charge in [-0.1, -0.05) is 0 Å². The zero-order valence-electron chi connectivity index (χ0n) is 9.61. The van der Waals surface area contributed by atoms with Crippen LogP contribution >= 0.6 is 11.3 Å². The molecule has 1 aromatic rings. The van der Waals surface area contributed by atoms with Gasteiger partial charge in [-0.2, -0.15) is 0 Å². The van der Waals surface area contributed by atoms with Gasteiger partial charge in [-0.25, -0.2) is 0 Å². The van der Waals surface area contributed by atoms with Gasteiger partial charge in [0.25, 0.3) is 0 Å². The number of aryl methyl sites for hydroxylation is 1. The van der Waals surface area contributed by atoms with Crippen molar-refractivity contribution in [1.82, 2.24) is 4.90 Å². The maximum Gasteiger partial charge on any atom is 0.177 e. The van der Waals surface area contributed by atoms with Crippen molar-refractivity contribution >= 4 is 17.1 Å². The molecule has 1 aliphatic heterocycles. The van der Waals surface area contributed by atoms with E-state index < -0.39 is 0 Å². The van der Waals surface area contributed by atoms with Crippen LogP contribution in [0.15, 0.2) is 11.4 Å². The number of rotatable bonds is 3. The molecule has 0 atom stereocenters. The van der Waals surface area contributed by atoms with E-state index >= 15 is 0 Å². The molecule has 1 aliphatic rings. The van der Waals surface area contributed by atoms with Crippen LogP contribution in [-0.4, -0.2) is 36.4 Å². The minimum absolute atomic E-state index is 0.236. The van der Waals surface area contributed by atoms with Gasteiger partial charge in [-0.3, -0.25) is 9.69 Å². The highest BCUT2D eigenvalue weighted by Crippen LogP contribution is 2.15. The Kier molecular flexibility index (Phi) is 3.74. The number of ketones is 1. The molecule has 88 valence electrons. The maximum atomic E-state index is 11.9. The van der Waals surface area contributed by atoms with Crippen LogP contribution in [0.4, 0.5) is 0 Å². The first-order valence-corrected chi connectivity index (χ1v) is 6.59. The Balaban J connectivity index is 1.88. The molecule has 0 radical (unpaired) electrons. The van der Waals surface area contributed by atoms with Gasteiger partial charge in [0.15, 0.2) is 5.78 Å². The number of hydrogen-bond donors (Lipinski definition) is 1. The summed E-state index contributed by atoms with van der Waals surface area (Å²) in [7, 11) is 0. The summed E-state index contributed by atoms with van der Waals surface area (Å²) in [6.07, 6.45) is 2.02. The van der Waals surface area contributed by atoms with Crippen molar-refractivity contribution in [1.29, 1.82) is 0 Å². The lowest BCUT2D eigenvalue weighted by Gasteiger charge is -2.29. The molecule has 0 spiro atoms. The normalized spacial score (nSPS) is 18.9. The Hall–Kier alpha value is -0.710. The van der Waals surface area contributed by atoms with Gasteiger partial charge in [0.2, 0.25) is 0 Å². The number of hydrogen-bond acceptors (Lipinski definition) is 4. The van der Waals surface area contributed by atoms with Crippen molar-refractivity contribution in [3.63, 3.8) is 0 Å². The fourth-order valence-corrected chi connectivity index (χ4v) is 2.70. The standard InChI is InChI=1S/C12H18N2OS/c1-9-6-10(8-16-9)12(15)7-14-4-2-11(13)3-5-14/h6,8,11H,2-5,7,13H2,1H3. The van der Waals surface area contributed by atoms with Crippen LogP contribution < -0.4 is 5.73 Å². The molecular weight excluding hydrogens is 220 g/mol. The highest BCUT2D eigenvalue weighted by Gasteiger charge is 2.19. The topological polar surface area (TPSA) is 46.3 Å². The molecule has 0 amide bonds. The average molecular weight is 238 g/mol. The van der Waals surface area contributed by atoms with E-state index in [0.29, 0.717) is 12.6 Å². The van der Waals surface area contributed by atoms with Crippen molar-refractivity contribution in [3.8, 4) is 0 Å². The molecule has 1 fully saturated rings. The highest BCUT2D eigenvalue weighted by molar-refractivity contribution is 7.10. The minimum atomic E-state index is 0.236. The predicted molar refractivity (Wildman–Crippen MR) is 67.0 cm³/mol. The highest BCUT2D eigenvalue weighted by atomic mass is 32.1. The average Bonchev–Trinajstić information content (AvgIpc) is 2.68. The van der Waals surface area contributed by atoms with Crippen LogP contribution in [0.5, 0.6) is 0 Å². The molecule has 1 aromatic heterocycles. The summed E-state index contributed by atoms with van der Waals surface area (Å²) in [5.74, 6) is 0.236. The molecule has 2 heterocycles. The predicted octanol–water partition coefficient (Wildman–Crippen LogP) is 1.66. The van der Waals surface area contributed by atoms with Crippen LogP contribution in [0.25, 0.3) is 0 Å². The first-order valence-electron chi connectivity index (χ1n) is 5.71. The van der Waals surface area contributed by atoms with E-state index in [0.717, 1.165) is 31.5 Å². The third-order valence-corrected chi connectivity index (χ3v) is 3.91. The first kappa shape index (κ1) is 11.8. The molecule has 3 nitrogen and oxygen atoms in total. The van der Waals surface area contributed by atoms with Crippen molar-refractivity contribution in [2.24, 2.45) is 5.73 Å². The Morgan fingerprint density at radius 2 is 2.25 bits per heavy atom. The summed E-state index contributed by atoms with van der Waals surface area (Å²) in [5.41, 5.74) is 6.69. The molecule has 4 heteroatoms. The molecule has 0 saturated carbocycles. The summed E-state index contributed by atoms with van der Waals surface area (Å²) in [5, 5.41) is 1.95. The maximum absolute atomic E-state index is 11.9. The Bertz CT molecular complexity index is 367. The number of likely N-dealkylation sites (tertiary alicyclic amines) is 1. The van der Waals surface area contributed by atoms with Crippen LogP contribution in [-0.2, 0) is 0 Å². The Morgan fingerprint density at radius 3 is 2.81 bits per heavy atom. The van der Waals surface area contributed by atoms with E-state index in [1.807, 2.05) is 18.4 Å². The van der Waals surface area contributed by atoms with Crippen molar-refractivity contribution in [2.75, 3.05) is 19.6 Å². The molecular formula is C12H18N2OS. The second-order valence-corrected chi connectivity index (χ2v) is 5.60. The van der Waals surface area contributed by atoms with Crippen molar-refractivity contribution in [2.45, 2.75) is 25.8 Å². The van der Waals surface area contributed by atoms with E-state index in [4.69, 9.17) is 5.73 Å².